The Morgan fingerprint density at radius 2 is 2.00 bits per heavy atom. The van der Waals surface area contributed by atoms with Gasteiger partial charge in [0.25, 0.3) is 6.08 Å². The van der Waals surface area contributed by atoms with Gasteiger partial charge in [0.2, 0.25) is 0 Å². The van der Waals surface area contributed by atoms with Crippen molar-refractivity contribution in [2.75, 3.05) is 0 Å². The van der Waals surface area contributed by atoms with E-state index in [9.17, 15) is 8.78 Å². The molecule has 0 unspecified atom stereocenters. The van der Waals surface area contributed by atoms with Crippen LogP contribution in [0.4, 0.5) is 8.78 Å². The van der Waals surface area contributed by atoms with E-state index in [1.54, 1.807) is 0 Å². The molecule has 2 nitrogen and oxygen atoms in total. The van der Waals surface area contributed by atoms with Crippen molar-refractivity contribution in [1.29, 1.82) is 0 Å². The molecule has 0 amide bonds. The molecule has 0 aromatic carbocycles. The predicted molar refractivity (Wildman–Crippen MR) is 25.3 cm³/mol. The molecule has 0 radical (unpaired) electrons. The van der Waals surface area contributed by atoms with Gasteiger partial charge in [0.05, 0.1) is 0 Å². The van der Waals surface area contributed by atoms with Gasteiger partial charge in [0.15, 0.2) is 0 Å². The van der Waals surface area contributed by atoms with Crippen molar-refractivity contribution in [2.45, 2.75) is 6.32 Å². The molecular weight excluding hydrogens is 117 g/mol. The highest BCUT2D eigenvalue weighted by Gasteiger charge is 2.03. The zero-order chi connectivity index (χ0) is 6.57. The third-order valence-corrected chi connectivity index (χ3v) is 0.483. The fourth-order valence-corrected chi connectivity index (χ4v) is 0.194. The standard InChI is InChI=1S/C3H5BF2O2/c5-3(6)1-2-4(7)8/h1,7-8H,2H2. The molecule has 0 aliphatic carbocycles. The minimum Gasteiger partial charge on any atom is -0.427 e. The Morgan fingerprint density at radius 3 is 2.12 bits per heavy atom. The van der Waals surface area contributed by atoms with Gasteiger partial charge in [-0.15, -0.1) is 0 Å². The lowest BCUT2D eigenvalue weighted by atomic mass is 9.87. The molecule has 46 valence electrons. The topological polar surface area (TPSA) is 40.5 Å². The van der Waals surface area contributed by atoms with E-state index in [0.717, 1.165) is 0 Å². The molecule has 8 heavy (non-hydrogen) atoms. The molecule has 0 aromatic rings. The van der Waals surface area contributed by atoms with Crippen molar-refractivity contribution < 1.29 is 18.8 Å². The monoisotopic (exact) mass is 122 g/mol. The Kier molecular flexibility index (Phi) is 3.38. The summed E-state index contributed by atoms with van der Waals surface area (Å²) in [6.45, 7) is 0. The van der Waals surface area contributed by atoms with Gasteiger partial charge in [-0.2, -0.15) is 8.78 Å². The maximum atomic E-state index is 11.0. The maximum absolute atomic E-state index is 11.0. The third-order valence-electron chi connectivity index (χ3n) is 0.483. The molecule has 0 heterocycles. The summed E-state index contributed by atoms with van der Waals surface area (Å²) in [6, 6.07) is 0. The minimum atomic E-state index is -1.89. The zero-order valence-corrected chi connectivity index (χ0v) is 4.01. The average Bonchev–Trinajstić information content (AvgIpc) is 1.61. The summed E-state index contributed by atoms with van der Waals surface area (Å²) in [7, 11) is -1.67. The third kappa shape index (κ3) is 5.58. The molecule has 0 atom stereocenters. The van der Waals surface area contributed by atoms with Crippen molar-refractivity contribution in [3.63, 3.8) is 0 Å². The Hall–Kier alpha value is -0.415. The first-order chi connectivity index (χ1) is 3.63. The number of hydrogen-bond donors (Lipinski definition) is 2. The molecule has 0 aliphatic heterocycles. The molecule has 0 saturated carbocycles. The van der Waals surface area contributed by atoms with E-state index in [1.165, 1.54) is 0 Å². The summed E-state index contributed by atoms with van der Waals surface area (Å²) in [5, 5.41) is 16.0. The summed E-state index contributed by atoms with van der Waals surface area (Å²) in [6.07, 6.45) is -1.86. The first kappa shape index (κ1) is 7.58. The molecule has 0 aliphatic rings. The summed E-state index contributed by atoms with van der Waals surface area (Å²) in [5.74, 6) is 0. The van der Waals surface area contributed by atoms with Crippen LogP contribution in [0, 0.1) is 0 Å². The number of hydrogen-bond acceptors (Lipinski definition) is 2. The Labute approximate surface area is 45.6 Å². The van der Waals surface area contributed by atoms with Crippen LogP contribution in [-0.4, -0.2) is 17.2 Å². The van der Waals surface area contributed by atoms with Gasteiger partial charge >= 0.3 is 7.12 Å². The Morgan fingerprint density at radius 1 is 1.50 bits per heavy atom. The fourth-order valence-electron chi connectivity index (χ4n) is 0.194. The van der Waals surface area contributed by atoms with Gasteiger partial charge in [-0.25, -0.2) is 0 Å². The van der Waals surface area contributed by atoms with Gasteiger partial charge in [0, 0.05) is 6.32 Å². The summed E-state index contributed by atoms with van der Waals surface area (Å²) >= 11 is 0. The fraction of sp³-hybridized carbons (Fsp3) is 0.333. The van der Waals surface area contributed by atoms with E-state index in [-0.39, 0.29) is 0 Å². The summed E-state index contributed by atoms with van der Waals surface area (Å²) in [4.78, 5) is 0. The minimum absolute atomic E-state index is 0.414. The highest BCUT2D eigenvalue weighted by atomic mass is 19.3. The van der Waals surface area contributed by atoms with E-state index in [1.807, 2.05) is 0 Å². The highest BCUT2D eigenvalue weighted by molar-refractivity contribution is 6.41. The number of allylic oxidation sites excluding steroid dienone is 1. The lowest BCUT2D eigenvalue weighted by molar-refractivity contribution is 0.400. The van der Waals surface area contributed by atoms with Crippen LogP contribution >= 0.6 is 0 Å². The lowest BCUT2D eigenvalue weighted by Gasteiger charge is -1.86. The average molecular weight is 122 g/mol. The molecule has 0 spiro atoms. The van der Waals surface area contributed by atoms with Crippen molar-refractivity contribution in [3.8, 4) is 0 Å². The molecule has 0 bridgehead atoms. The number of halogens is 2. The lowest BCUT2D eigenvalue weighted by Crippen LogP contribution is -2.07. The van der Waals surface area contributed by atoms with E-state index in [2.05, 4.69) is 0 Å². The Bertz CT molecular complexity index is 89.3. The van der Waals surface area contributed by atoms with Crippen LogP contribution in [0.15, 0.2) is 12.2 Å². The van der Waals surface area contributed by atoms with Crippen LogP contribution in [0.25, 0.3) is 0 Å². The smallest absolute Gasteiger partial charge is 0.427 e. The SMILES string of the molecule is OB(O)CC=C(F)F. The summed E-state index contributed by atoms with van der Waals surface area (Å²) < 4.78 is 22.1. The number of rotatable bonds is 2. The van der Waals surface area contributed by atoms with Crippen LogP contribution in [0.2, 0.25) is 6.32 Å². The van der Waals surface area contributed by atoms with Gasteiger partial charge in [-0.3, -0.25) is 0 Å². The molecule has 0 fully saturated rings. The quantitative estimate of drug-likeness (QED) is 0.515. The normalized spacial score (nSPS) is 8.50. The maximum Gasteiger partial charge on any atom is 0.455 e. The first-order valence-corrected chi connectivity index (χ1v) is 2.00. The van der Waals surface area contributed by atoms with Gasteiger partial charge in [-0.1, -0.05) is 0 Å². The van der Waals surface area contributed by atoms with Gasteiger partial charge in [0.1, 0.15) is 0 Å². The van der Waals surface area contributed by atoms with Crippen LogP contribution < -0.4 is 0 Å². The molecule has 0 aromatic heterocycles. The van der Waals surface area contributed by atoms with Crippen molar-refractivity contribution in [3.05, 3.63) is 12.2 Å². The van der Waals surface area contributed by atoms with Gasteiger partial charge < -0.3 is 10.0 Å². The van der Waals surface area contributed by atoms with E-state index < -0.39 is 19.5 Å². The van der Waals surface area contributed by atoms with E-state index in [4.69, 9.17) is 10.0 Å². The molecular formula is C3H5BF2O2. The molecule has 5 heteroatoms. The first-order valence-electron chi connectivity index (χ1n) is 2.00. The van der Waals surface area contributed by atoms with Crippen molar-refractivity contribution in [1.82, 2.24) is 0 Å². The van der Waals surface area contributed by atoms with Crippen LogP contribution in [-0.2, 0) is 0 Å². The molecule has 2 N–H and O–H groups in total. The second kappa shape index (κ2) is 3.57. The predicted octanol–water partition coefficient (Wildman–Crippen LogP) is 0.240. The molecule has 0 rings (SSSR count). The second-order valence-corrected chi connectivity index (χ2v) is 1.21. The van der Waals surface area contributed by atoms with Crippen LogP contribution in [0.1, 0.15) is 0 Å². The van der Waals surface area contributed by atoms with Crippen molar-refractivity contribution in [2.24, 2.45) is 0 Å². The van der Waals surface area contributed by atoms with Crippen LogP contribution in [0.3, 0.4) is 0 Å². The van der Waals surface area contributed by atoms with Crippen LogP contribution in [0.5, 0.6) is 0 Å². The zero-order valence-electron chi connectivity index (χ0n) is 4.01. The highest BCUT2D eigenvalue weighted by Crippen LogP contribution is 1.99. The Balaban J connectivity index is 3.29. The largest absolute Gasteiger partial charge is 0.455 e. The van der Waals surface area contributed by atoms with E-state index in [0.29, 0.717) is 6.08 Å². The summed E-state index contributed by atoms with van der Waals surface area (Å²) in [5.41, 5.74) is 0. The van der Waals surface area contributed by atoms with Gasteiger partial charge in [-0.05, 0) is 6.08 Å². The van der Waals surface area contributed by atoms with Crippen molar-refractivity contribution >= 4 is 7.12 Å². The second-order valence-electron chi connectivity index (χ2n) is 1.21. The van der Waals surface area contributed by atoms with E-state index >= 15 is 0 Å². The molecule has 0 saturated heterocycles.